The summed E-state index contributed by atoms with van der Waals surface area (Å²) in [6.45, 7) is 3.75. The van der Waals surface area contributed by atoms with Crippen LogP contribution >= 0.6 is 0 Å². The molecule has 7 heteroatoms. The van der Waals surface area contributed by atoms with Gasteiger partial charge in [-0.1, -0.05) is 12.1 Å². The van der Waals surface area contributed by atoms with Crippen LogP contribution in [0.1, 0.15) is 32.6 Å². The first-order chi connectivity index (χ1) is 11.8. The molecule has 0 fully saturated rings. The molecule has 0 aliphatic carbocycles. The van der Waals surface area contributed by atoms with Crippen LogP contribution in [-0.4, -0.2) is 21.4 Å². The molecular weight excluding hydrogens is 338 g/mol. The fourth-order valence-electron chi connectivity index (χ4n) is 2.33. The maximum absolute atomic E-state index is 12.4. The molecule has 0 aliphatic heterocycles. The molecule has 2 N–H and O–H groups in total. The van der Waals surface area contributed by atoms with Crippen LogP contribution in [0.5, 0.6) is 0 Å². The van der Waals surface area contributed by atoms with E-state index < -0.39 is 10.0 Å². The van der Waals surface area contributed by atoms with Gasteiger partial charge in [0.05, 0.1) is 16.5 Å². The Morgan fingerprint density at radius 2 is 1.80 bits per heavy atom. The quantitative estimate of drug-likeness (QED) is 0.855. The Kier molecular flexibility index (Phi) is 5.57. The Labute approximate surface area is 147 Å². The van der Waals surface area contributed by atoms with Gasteiger partial charge in [0.2, 0.25) is 10.0 Å². The summed E-state index contributed by atoms with van der Waals surface area (Å²) in [5.74, 6) is -0.361. The van der Waals surface area contributed by atoms with E-state index in [2.05, 4.69) is 10.0 Å². The standard InChI is InChI=1S/C18H19N3O3S/c1-12-8-16(9-17(13(12)2)25(23,24)20-3)18(22)21-11-15-6-4-14(10-19)5-7-15/h4-9,20H,11H2,1-3H3,(H,21,22). The molecule has 0 unspecified atom stereocenters. The summed E-state index contributed by atoms with van der Waals surface area (Å²) in [4.78, 5) is 12.5. The molecule has 0 heterocycles. The van der Waals surface area contributed by atoms with Crippen LogP contribution in [0, 0.1) is 25.2 Å². The molecule has 0 bridgehead atoms. The number of aryl methyl sites for hydroxylation is 1. The lowest BCUT2D eigenvalue weighted by atomic mass is 10.1. The summed E-state index contributed by atoms with van der Waals surface area (Å²) < 4.78 is 26.5. The van der Waals surface area contributed by atoms with Crippen LogP contribution in [0.3, 0.4) is 0 Å². The molecule has 0 aromatic heterocycles. The third kappa shape index (κ3) is 4.24. The number of nitrogens with zero attached hydrogens (tertiary/aromatic N) is 1. The van der Waals surface area contributed by atoms with Crippen LogP contribution in [0.4, 0.5) is 0 Å². The molecule has 0 saturated heterocycles. The van der Waals surface area contributed by atoms with Crippen LogP contribution in [0.2, 0.25) is 0 Å². The number of amides is 1. The van der Waals surface area contributed by atoms with Crippen molar-refractivity contribution in [3.8, 4) is 6.07 Å². The van der Waals surface area contributed by atoms with Gasteiger partial charge in [0.1, 0.15) is 0 Å². The maximum atomic E-state index is 12.4. The van der Waals surface area contributed by atoms with E-state index in [0.29, 0.717) is 11.1 Å². The Hall–Kier alpha value is -2.69. The summed E-state index contributed by atoms with van der Waals surface area (Å²) in [6.07, 6.45) is 0. The highest BCUT2D eigenvalue weighted by atomic mass is 32.2. The van der Waals surface area contributed by atoms with Crippen LogP contribution in [-0.2, 0) is 16.6 Å². The summed E-state index contributed by atoms with van der Waals surface area (Å²) >= 11 is 0. The molecular formula is C18H19N3O3S. The zero-order chi connectivity index (χ0) is 18.6. The fourth-order valence-corrected chi connectivity index (χ4v) is 3.39. The van der Waals surface area contributed by atoms with E-state index in [0.717, 1.165) is 11.1 Å². The van der Waals surface area contributed by atoms with Gasteiger partial charge in [0.25, 0.3) is 5.91 Å². The Balaban J connectivity index is 2.23. The number of carbonyl (C=O) groups is 1. The molecule has 0 atom stereocenters. The zero-order valence-electron chi connectivity index (χ0n) is 14.3. The lowest BCUT2D eigenvalue weighted by Gasteiger charge is -2.12. The van der Waals surface area contributed by atoms with E-state index in [1.165, 1.54) is 13.1 Å². The van der Waals surface area contributed by atoms with Gasteiger partial charge in [-0.3, -0.25) is 4.79 Å². The van der Waals surface area contributed by atoms with Crippen molar-refractivity contribution in [3.05, 3.63) is 64.2 Å². The van der Waals surface area contributed by atoms with Crippen molar-refractivity contribution in [2.24, 2.45) is 0 Å². The predicted octanol–water partition coefficient (Wildman–Crippen LogP) is 2.01. The van der Waals surface area contributed by atoms with Crippen LogP contribution in [0.25, 0.3) is 0 Å². The molecule has 2 aromatic carbocycles. The molecule has 1 amide bonds. The van der Waals surface area contributed by atoms with Gasteiger partial charge in [-0.2, -0.15) is 5.26 Å². The van der Waals surface area contributed by atoms with E-state index in [1.54, 1.807) is 44.2 Å². The predicted molar refractivity (Wildman–Crippen MR) is 94.5 cm³/mol. The lowest BCUT2D eigenvalue weighted by Crippen LogP contribution is -2.25. The number of sulfonamides is 1. The highest BCUT2D eigenvalue weighted by Crippen LogP contribution is 2.21. The summed E-state index contributed by atoms with van der Waals surface area (Å²) in [5.41, 5.74) is 3.01. The average molecular weight is 357 g/mol. The van der Waals surface area contributed by atoms with Crippen molar-refractivity contribution < 1.29 is 13.2 Å². The number of nitriles is 1. The fraction of sp³-hybridized carbons (Fsp3) is 0.222. The van der Waals surface area contributed by atoms with E-state index >= 15 is 0 Å². The number of carbonyl (C=O) groups excluding carboxylic acids is 1. The van der Waals surface area contributed by atoms with E-state index in [-0.39, 0.29) is 22.9 Å². The number of hydrogen-bond acceptors (Lipinski definition) is 4. The molecule has 0 radical (unpaired) electrons. The number of hydrogen-bond donors (Lipinski definition) is 2. The van der Waals surface area contributed by atoms with E-state index in [9.17, 15) is 13.2 Å². The minimum Gasteiger partial charge on any atom is -0.348 e. The number of nitrogens with one attached hydrogen (secondary N) is 2. The normalized spacial score (nSPS) is 11.0. The second kappa shape index (κ2) is 7.47. The molecule has 2 aromatic rings. The monoisotopic (exact) mass is 357 g/mol. The third-order valence-electron chi connectivity index (χ3n) is 3.98. The number of rotatable bonds is 5. The second-order valence-corrected chi connectivity index (χ2v) is 7.47. The number of benzene rings is 2. The molecule has 25 heavy (non-hydrogen) atoms. The van der Waals surface area contributed by atoms with Gasteiger partial charge in [-0.15, -0.1) is 0 Å². The lowest BCUT2D eigenvalue weighted by molar-refractivity contribution is 0.0950. The van der Waals surface area contributed by atoms with Crippen LogP contribution in [0.15, 0.2) is 41.3 Å². The first kappa shape index (κ1) is 18.6. The third-order valence-corrected chi connectivity index (χ3v) is 5.52. The van der Waals surface area contributed by atoms with Crippen molar-refractivity contribution in [3.63, 3.8) is 0 Å². The highest BCUT2D eigenvalue weighted by Gasteiger charge is 2.19. The van der Waals surface area contributed by atoms with Crippen molar-refractivity contribution in [1.29, 1.82) is 5.26 Å². The maximum Gasteiger partial charge on any atom is 0.251 e. The minimum atomic E-state index is -3.64. The topological polar surface area (TPSA) is 99.1 Å². The first-order valence-corrected chi connectivity index (χ1v) is 9.09. The van der Waals surface area contributed by atoms with Crippen molar-refractivity contribution in [2.75, 3.05) is 7.05 Å². The van der Waals surface area contributed by atoms with Gasteiger partial charge in [-0.25, -0.2) is 13.1 Å². The Bertz CT molecular complexity index is 943. The van der Waals surface area contributed by atoms with E-state index in [1.807, 2.05) is 6.07 Å². The summed E-state index contributed by atoms with van der Waals surface area (Å²) in [5, 5.41) is 11.5. The van der Waals surface area contributed by atoms with Crippen molar-refractivity contribution in [1.82, 2.24) is 10.0 Å². The van der Waals surface area contributed by atoms with Gasteiger partial charge in [0, 0.05) is 12.1 Å². The molecule has 0 aliphatic rings. The van der Waals surface area contributed by atoms with Gasteiger partial charge >= 0.3 is 0 Å². The largest absolute Gasteiger partial charge is 0.348 e. The molecule has 2 rings (SSSR count). The molecule has 6 nitrogen and oxygen atoms in total. The molecule has 0 saturated carbocycles. The van der Waals surface area contributed by atoms with Crippen molar-refractivity contribution >= 4 is 15.9 Å². The molecule has 130 valence electrons. The second-order valence-electron chi connectivity index (χ2n) is 5.62. The first-order valence-electron chi connectivity index (χ1n) is 7.60. The van der Waals surface area contributed by atoms with E-state index in [4.69, 9.17) is 5.26 Å². The zero-order valence-corrected chi connectivity index (χ0v) is 15.1. The minimum absolute atomic E-state index is 0.0959. The Morgan fingerprint density at radius 1 is 1.16 bits per heavy atom. The SMILES string of the molecule is CNS(=O)(=O)c1cc(C(=O)NCc2ccc(C#N)cc2)cc(C)c1C. The summed E-state index contributed by atoms with van der Waals surface area (Å²) in [7, 11) is -2.31. The molecule has 0 spiro atoms. The van der Waals surface area contributed by atoms with Gasteiger partial charge < -0.3 is 5.32 Å². The smallest absolute Gasteiger partial charge is 0.251 e. The van der Waals surface area contributed by atoms with Gasteiger partial charge in [0.15, 0.2) is 0 Å². The highest BCUT2D eigenvalue weighted by molar-refractivity contribution is 7.89. The summed E-state index contributed by atoms with van der Waals surface area (Å²) in [6, 6.07) is 11.9. The van der Waals surface area contributed by atoms with Gasteiger partial charge in [-0.05, 0) is 61.9 Å². The van der Waals surface area contributed by atoms with Crippen LogP contribution < -0.4 is 10.0 Å². The van der Waals surface area contributed by atoms with Crippen molar-refractivity contribution in [2.45, 2.75) is 25.3 Å². The average Bonchev–Trinajstić information content (AvgIpc) is 2.62. The Morgan fingerprint density at radius 3 is 2.36 bits per heavy atom.